The van der Waals surface area contributed by atoms with Crippen LogP contribution in [0.3, 0.4) is 0 Å². The first kappa shape index (κ1) is 23.5. The molecule has 0 heterocycles. The summed E-state index contributed by atoms with van der Waals surface area (Å²) in [6, 6.07) is 33.1. The minimum atomic E-state index is -4.00. The van der Waals surface area contributed by atoms with Crippen molar-refractivity contribution in [1.82, 2.24) is 5.32 Å². The molecule has 0 aliphatic heterocycles. The Hall–Kier alpha value is -3.61. The Morgan fingerprint density at radius 1 is 0.735 bits per heavy atom. The number of hydrogen-bond donors (Lipinski definition) is 1. The van der Waals surface area contributed by atoms with Gasteiger partial charge in [-0.15, -0.1) is 0 Å². The van der Waals surface area contributed by atoms with Gasteiger partial charge in [0.15, 0.2) is 0 Å². The van der Waals surface area contributed by atoms with Crippen LogP contribution < -0.4 is 9.62 Å². The predicted octanol–water partition coefficient (Wildman–Crippen LogP) is 5.44. The van der Waals surface area contributed by atoms with Gasteiger partial charge in [-0.05, 0) is 47.5 Å². The van der Waals surface area contributed by atoms with Crippen molar-refractivity contribution in [3.05, 3.63) is 131 Å². The van der Waals surface area contributed by atoms with Gasteiger partial charge in [0, 0.05) is 5.02 Å². The van der Waals surface area contributed by atoms with Crippen LogP contribution in [0, 0.1) is 0 Å². The van der Waals surface area contributed by atoms with Crippen molar-refractivity contribution in [2.24, 2.45) is 0 Å². The topological polar surface area (TPSA) is 66.5 Å². The second kappa shape index (κ2) is 10.5. The van der Waals surface area contributed by atoms with E-state index in [1.54, 1.807) is 42.5 Å². The minimum absolute atomic E-state index is 0.0976. The Morgan fingerprint density at radius 3 is 1.71 bits per heavy atom. The molecule has 4 rings (SSSR count). The van der Waals surface area contributed by atoms with Crippen molar-refractivity contribution in [3.63, 3.8) is 0 Å². The van der Waals surface area contributed by atoms with Gasteiger partial charge in [0.05, 0.1) is 16.6 Å². The highest BCUT2D eigenvalue weighted by molar-refractivity contribution is 7.92. The van der Waals surface area contributed by atoms with Gasteiger partial charge in [-0.25, -0.2) is 8.42 Å². The van der Waals surface area contributed by atoms with Crippen molar-refractivity contribution in [2.75, 3.05) is 10.8 Å². The fraction of sp³-hybridized carbons (Fsp3) is 0.0741. The molecular formula is C27H23ClN2O3S. The molecule has 0 unspecified atom stereocenters. The first-order valence-corrected chi connectivity index (χ1v) is 12.5. The zero-order chi connectivity index (χ0) is 24.0. The molecule has 5 nitrogen and oxygen atoms in total. The lowest BCUT2D eigenvalue weighted by Crippen LogP contribution is -2.42. The Labute approximate surface area is 204 Å². The van der Waals surface area contributed by atoms with Crippen LogP contribution in [0.5, 0.6) is 0 Å². The third kappa shape index (κ3) is 5.47. The molecule has 34 heavy (non-hydrogen) atoms. The summed E-state index contributed by atoms with van der Waals surface area (Å²) in [6.45, 7) is -0.394. The molecule has 0 saturated heterocycles. The summed E-state index contributed by atoms with van der Waals surface area (Å²) >= 11 is 6.01. The minimum Gasteiger partial charge on any atom is -0.344 e. The average molecular weight is 491 g/mol. The van der Waals surface area contributed by atoms with E-state index in [-0.39, 0.29) is 4.90 Å². The highest BCUT2D eigenvalue weighted by Gasteiger charge is 2.28. The van der Waals surface area contributed by atoms with Crippen LogP contribution in [0.2, 0.25) is 5.02 Å². The molecule has 0 aliphatic carbocycles. The number of carbonyl (C=O) groups is 1. The van der Waals surface area contributed by atoms with E-state index in [1.807, 2.05) is 60.7 Å². The number of nitrogens with zero attached hydrogens (tertiary/aromatic N) is 1. The van der Waals surface area contributed by atoms with Gasteiger partial charge in [0.25, 0.3) is 10.0 Å². The van der Waals surface area contributed by atoms with Crippen LogP contribution >= 0.6 is 11.6 Å². The average Bonchev–Trinajstić information content (AvgIpc) is 2.88. The van der Waals surface area contributed by atoms with Gasteiger partial charge < -0.3 is 5.32 Å². The summed E-state index contributed by atoms with van der Waals surface area (Å²) in [4.78, 5) is 13.4. The van der Waals surface area contributed by atoms with E-state index in [0.717, 1.165) is 15.4 Å². The van der Waals surface area contributed by atoms with Crippen LogP contribution in [0.1, 0.15) is 17.2 Å². The van der Waals surface area contributed by atoms with Crippen molar-refractivity contribution in [2.45, 2.75) is 10.9 Å². The Morgan fingerprint density at radius 2 is 1.21 bits per heavy atom. The molecule has 0 radical (unpaired) electrons. The van der Waals surface area contributed by atoms with E-state index in [9.17, 15) is 13.2 Å². The van der Waals surface area contributed by atoms with Gasteiger partial charge in [0.2, 0.25) is 5.91 Å². The molecule has 0 spiro atoms. The zero-order valence-electron chi connectivity index (χ0n) is 18.2. The summed E-state index contributed by atoms with van der Waals surface area (Å²) in [5.41, 5.74) is 2.14. The van der Waals surface area contributed by atoms with Gasteiger partial charge >= 0.3 is 0 Å². The van der Waals surface area contributed by atoms with Crippen molar-refractivity contribution >= 4 is 33.2 Å². The van der Waals surface area contributed by atoms with Crippen molar-refractivity contribution in [3.8, 4) is 0 Å². The molecule has 0 aliphatic rings. The standard InChI is InChI=1S/C27H23ClN2O3S/c28-23-16-18-24(19-17-23)30(34(32,33)25-14-8-3-9-15-25)20-26(31)29-27(21-10-4-1-5-11-21)22-12-6-2-7-13-22/h1-19,27H,20H2,(H,29,31). The number of benzene rings is 4. The van der Waals surface area contributed by atoms with E-state index in [0.29, 0.717) is 10.7 Å². The highest BCUT2D eigenvalue weighted by Crippen LogP contribution is 2.26. The van der Waals surface area contributed by atoms with Crippen LogP contribution in [0.4, 0.5) is 5.69 Å². The second-order valence-corrected chi connectivity index (χ2v) is 9.92. The van der Waals surface area contributed by atoms with Gasteiger partial charge in [-0.2, -0.15) is 0 Å². The van der Waals surface area contributed by atoms with Crippen LogP contribution in [0.25, 0.3) is 0 Å². The number of anilines is 1. The number of halogens is 1. The van der Waals surface area contributed by atoms with Gasteiger partial charge in [-0.1, -0.05) is 90.5 Å². The maximum absolute atomic E-state index is 13.5. The van der Waals surface area contributed by atoms with Crippen molar-refractivity contribution in [1.29, 1.82) is 0 Å². The van der Waals surface area contributed by atoms with Crippen LogP contribution in [0.15, 0.2) is 120 Å². The number of hydrogen-bond acceptors (Lipinski definition) is 3. The molecule has 1 N–H and O–H groups in total. The molecule has 4 aromatic carbocycles. The van der Waals surface area contributed by atoms with Crippen LogP contribution in [-0.4, -0.2) is 20.9 Å². The third-order valence-electron chi connectivity index (χ3n) is 5.30. The fourth-order valence-electron chi connectivity index (χ4n) is 3.63. The maximum Gasteiger partial charge on any atom is 0.264 e. The molecular weight excluding hydrogens is 468 g/mol. The molecule has 0 fully saturated rings. The lowest BCUT2D eigenvalue weighted by atomic mass is 9.99. The zero-order valence-corrected chi connectivity index (χ0v) is 19.8. The number of rotatable bonds is 8. The number of sulfonamides is 1. The number of amides is 1. The van der Waals surface area contributed by atoms with Crippen molar-refractivity contribution < 1.29 is 13.2 Å². The maximum atomic E-state index is 13.5. The lowest BCUT2D eigenvalue weighted by Gasteiger charge is -2.26. The Kier molecular flexibility index (Phi) is 7.30. The Bertz CT molecular complexity index is 1290. The normalized spacial score (nSPS) is 11.2. The quantitative estimate of drug-likeness (QED) is 0.357. The molecule has 1 amide bonds. The number of nitrogens with one attached hydrogen (secondary N) is 1. The molecule has 0 saturated carbocycles. The molecule has 7 heteroatoms. The van der Waals surface area contributed by atoms with E-state index in [2.05, 4.69) is 5.32 Å². The molecule has 0 bridgehead atoms. The predicted molar refractivity (Wildman–Crippen MR) is 135 cm³/mol. The van der Waals surface area contributed by atoms with E-state index in [1.165, 1.54) is 12.1 Å². The molecule has 172 valence electrons. The largest absolute Gasteiger partial charge is 0.344 e. The summed E-state index contributed by atoms with van der Waals surface area (Å²) in [6.07, 6.45) is 0. The third-order valence-corrected chi connectivity index (χ3v) is 7.34. The first-order valence-electron chi connectivity index (χ1n) is 10.7. The van der Waals surface area contributed by atoms with Gasteiger partial charge in [0.1, 0.15) is 6.54 Å². The fourth-order valence-corrected chi connectivity index (χ4v) is 5.20. The van der Waals surface area contributed by atoms with Gasteiger partial charge in [-0.3, -0.25) is 9.10 Å². The molecule has 4 aromatic rings. The second-order valence-electron chi connectivity index (χ2n) is 7.62. The van der Waals surface area contributed by atoms with E-state index in [4.69, 9.17) is 11.6 Å². The monoisotopic (exact) mass is 490 g/mol. The number of carbonyl (C=O) groups excluding carboxylic acids is 1. The summed E-state index contributed by atoms with van der Waals surface area (Å²) in [5, 5.41) is 3.48. The van der Waals surface area contributed by atoms with Crippen LogP contribution in [-0.2, 0) is 14.8 Å². The van der Waals surface area contributed by atoms with E-state index >= 15 is 0 Å². The lowest BCUT2D eigenvalue weighted by molar-refractivity contribution is -0.120. The SMILES string of the molecule is O=C(CN(c1ccc(Cl)cc1)S(=O)(=O)c1ccccc1)NC(c1ccccc1)c1ccccc1. The highest BCUT2D eigenvalue weighted by atomic mass is 35.5. The summed E-state index contributed by atoms with van der Waals surface area (Å²) in [5.74, 6) is -0.438. The summed E-state index contributed by atoms with van der Waals surface area (Å²) < 4.78 is 28.1. The molecule has 0 aromatic heterocycles. The first-order chi connectivity index (χ1) is 16.4. The summed E-state index contributed by atoms with van der Waals surface area (Å²) in [7, 11) is -4.00. The van der Waals surface area contributed by atoms with E-state index < -0.39 is 28.5 Å². The molecule has 0 atom stereocenters. The Balaban J connectivity index is 1.67. The smallest absolute Gasteiger partial charge is 0.264 e.